The van der Waals surface area contributed by atoms with E-state index in [1.807, 2.05) is 31.2 Å². The molecule has 0 aliphatic heterocycles. The van der Waals surface area contributed by atoms with Gasteiger partial charge in [-0.05, 0) is 43.5 Å². The summed E-state index contributed by atoms with van der Waals surface area (Å²) in [4.78, 5) is 35.5. The molecule has 2 aromatic rings. The van der Waals surface area contributed by atoms with Crippen LogP contribution in [0, 0.1) is 0 Å². The normalized spacial score (nSPS) is 11.2. The van der Waals surface area contributed by atoms with Gasteiger partial charge >= 0.3 is 0 Å². The molecular formula is C23H29N3O5S. The molecule has 0 aliphatic carbocycles. The van der Waals surface area contributed by atoms with E-state index in [-0.39, 0.29) is 42.0 Å². The average molecular weight is 460 g/mol. The van der Waals surface area contributed by atoms with Gasteiger partial charge in [0.1, 0.15) is 0 Å². The van der Waals surface area contributed by atoms with Crippen molar-refractivity contribution in [3.63, 3.8) is 0 Å². The second-order valence-electron chi connectivity index (χ2n) is 7.35. The summed E-state index contributed by atoms with van der Waals surface area (Å²) in [5, 5.41) is 5.33. The zero-order valence-corrected chi connectivity index (χ0v) is 19.4. The van der Waals surface area contributed by atoms with E-state index in [1.54, 1.807) is 0 Å². The van der Waals surface area contributed by atoms with Crippen LogP contribution < -0.4 is 10.6 Å². The lowest BCUT2D eigenvalue weighted by molar-refractivity contribution is -0.124. The molecule has 0 aromatic heterocycles. The minimum absolute atomic E-state index is 0.0819. The summed E-state index contributed by atoms with van der Waals surface area (Å²) in [6.07, 6.45) is 1.16. The highest BCUT2D eigenvalue weighted by molar-refractivity contribution is 7.89. The van der Waals surface area contributed by atoms with Crippen molar-refractivity contribution < 1.29 is 22.8 Å². The van der Waals surface area contributed by atoms with E-state index in [0.29, 0.717) is 12.0 Å². The maximum atomic E-state index is 12.6. The molecule has 0 bridgehead atoms. The summed E-state index contributed by atoms with van der Waals surface area (Å²) in [5.41, 5.74) is 2.16. The van der Waals surface area contributed by atoms with Crippen LogP contribution >= 0.6 is 0 Å². The number of rotatable bonds is 11. The average Bonchev–Trinajstić information content (AvgIpc) is 2.78. The molecule has 9 heteroatoms. The number of nitrogens with zero attached hydrogens (tertiary/aromatic N) is 1. The van der Waals surface area contributed by atoms with Crippen molar-refractivity contribution in [2.24, 2.45) is 0 Å². The maximum absolute atomic E-state index is 12.6. The van der Waals surface area contributed by atoms with E-state index >= 15 is 0 Å². The quantitative estimate of drug-likeness (QED) is 0.502. The van der Waals surface area contributed by atoms with Gasteiger partial charge in [0.15, 0.2) is 5.78 Å². The van der Waals surface area contributed by atoms with Crippen LogP contribution in [0.3, 0.4) is 0 Å². The van der Waals surface area contributed by atoms with Crippen molar-refractivity contribution in [1.29, 1.82) is 0 Å². The Hall–Kier alpha value is -3.04. The number of nitrogens with one attached hydrogen (secondary N) is 2. The van der Waals surface area contributed by atoms with Crippen LogP contribution in [0.2, 0.25) is 0 Å². The van der Waals surface area contributed by atoms with Gasteiger partial charge in [0.05, 0.1) is 11.4 Å². The molecule has 0 saturated heterocycles. The predicted octanol–water partition coefficient (Wildman–Crippen LogP) is 2.61. The van der Waals surface area contributed by atoms with E-state index < -0.39 is 10.0 Å². The summed E-state index contributed by atoms with van der Waals surface area (Å²) in [6, 6.07) is 13.2. The summed E-state index contributed by atoms with van der Waals surface area (Å²) in [5.74, 6) is -0.801. The number of Topliss-reactive ketones (excluding diaryl/α,β-unsaturated/α-hetero) is 1. The molecule has 0 fully saturated rings. The minimum Gasteiger partial charge on any atom is -0.347 e. The second-order valence-corrected chi connectivity index (χ2v) is 9.39. The van der Waals surface area contributed by atoms with Crippen molar-refractivity contribution in [1.82, 2.24) is 9.62 Å². The fraction of sp³-hybridized carbons (Fsp3) is 0.348. The van der Waals surface area contributed by atoms with Crippen LogP contribution in [0.15, 0.2) is 53.4 Å². The lowest BCUT2D eigenvalue weighted by atomic mass is 10.1. The van der Waals surface area contributed by atoms with Gasteiger partial charge in [-0.3, -0.25) is 14.4 Å². The number of anilines is 1. The smallest absolute Gasteiger partial charge is 0.243 e. The molecule has 0 spiro atoms. The largest absolute Gasteiger partial charge is 0.347 e. The molecule has 172 valence electrons. The maximum Gasteiger partial charge on any atom is 0.243 e. The molecule has 0 saturated carbocycles. The van der Waals surface area contributed by atoms with E-state index in [0.717, 1.165) is 22.0 Å². The SMILES string of the molecule is CCc1ccccc1NC(=O)CNC(=O)CCCN(C)S(=O)(=O)c1ccc(C(C)=O)cc1. The molecular weight excluding hydrogens is 430 g/mol. The molecule has 2 aromatic carbocycles. The van der Waals surface area contributed by atoms with Crippen molar-refractivity contribution in [2.45, 2.75) is 38.0 Å². The van der Waals surface area contributed by atoms with Gasteiger partial charge in [0, 0.05) is 31.3 Å². The lowest BCUT2D eigenvalue weighted by Gasteiger charge is -2.17. The van der Waals surface area contributed by atoms with Crippen molar-refractivity contribution in [3.05, 3.63) is 59.7 Å². The number of sulfonamides is 1. The molecule has 8 nitrogen and oxygen atoms in total. The van der Waals surface area contributed by atoms with Crippen molar-refractivity contribution >= 4 is 33.3 Å². The van der Waals surface area contributed by atoms with Crippen molar-refractivity contribution in [2.75, 3.05) is 25.5 Å². The first kappa shape index (κ1) is 25.2. The second kappa shape index (κ2) is 11.5. The van der Waals surface area contributed by atoms with Gasteiger partial charge in [-0.1, -0.05) is 37.3 Å². The number of carbonyl (C=O) groups is 3. The summed E-state index contributed by atoms with van der Waals surface area (Å²) in [7, 11) is -2.28. The standard InChI is InChI=1S/C23H29N3O5S/c1-4-18-8-5-6-9-21(18)25-23(29)16-24-22(28)10-7-15-26(3)32(30,31)20-13-11-19(12-14-20)17(2)27/h5-6,8-9,11-14H,4,7,10,15-16H2,1-3H3,(H,24,28)(H,25,29). The Morgan fingerprint density at radius 2 is 1.62 bits per heavy atom. The first-order chi connectivity index (χ1) is 15.1. The third kappa shape index (κ3) is 7.00. The number of hydrogen-bond donors (Lipinski definition) is 2. The Balaban J connectivity index is 1.78. The topological polar surface area (TPSA) is 113 Å². The minimum atomic E-state index is -3.72. The number of hydrogen-bond acceptors (Lipinski definition) is 5. The van der Waals surface area contributed by atoms with E-state index in [9.17, 15) is 22.8 Å². The molecule has 0 heterocycles. The van der Waals surface area contributed by atoms with E-state index in [4.69, 9.17) is 0 Å². The molecule has 0 radical (unpaired) electrons. The van der Waals surface area contributed by atoms with Crippen molar-refractivity contribution in [3.8, 4) is 0 Å². The highest BCUT2D eigenvalue weighted by Gasteiger charge is 2.21. The van der Waals surface area contributed by atoms with Crippen LogP contribution in [0.5, 0.6) is 0 Å². The number of benzene rings is 2. The van der Waals surface area contributed by atoms with Gasteiger partial charge in [0.25, 0.3) is 0 Å². The number of ketones is 1. The molecule has 2 N–H and O–H groups in total. The molecule has 0 aliphatic rings. The first-order valence-corrected chi connectivity index (χ1v) is 11.8. The van der Waals surface area contributed by atoms with Crippen LogP contribution in [-0.4, -0.2) is 50.5 Å². The van der Waals surface area contributed by atoms with Crippen LogP contribution in [-0.2, 0) is 26.0 Å². The van der Waals surface area contributed by atoms with Crippen LogP contribution in [0.4, 0.5) is 5.69 Å². The highest BCUT2D eigenvalue weighted by atomic mass is 32.2. The first-order valence-electron chi connectivity index (χ1n) is 10.4. The third-order valence-electron chi connectivity index (χ3n) is 4.96. The Labute approximate surface area is 189 Å². The van der Waals surface area contributed by atoms with Gasteiger partial charge in [-0.2, -0.15) is 0 Å². The van der Waals surface area contributed by atoms with Gasteiger partial charge in [-0.15, -0.1) is 0 Å². The highest BCUT2D eigenvalue weighted by Crippen LogP contribution is 2.16. The molecule has 2 amide bonds. The monoisotopic (exact) mass is 459 g/mol. The Kier molecular flexibility index (Phi) is 9.10. The lowest BCUT2D eigenvalue weighted by Crippen LogP contribution is -2.34. The molecule has 32 heavy (non-hydrogen) atoms. The number of carbonyl (C=O) groups excluding carboxylic acids is 3. The predicted molar refractivity (Wildman–Crippen MR) is 123 cm³/mol. The zero-order valence-electron chi connectivity index (χ0n) is 18.6. The fourth-order valence-corrected chi connectivity index (χ4v) is 4.25. The van der Waals surface area contributed by atoms with E-state index in [2.05, 4.69) is 10.6 Å². The third-order valence-corrected chi connectivity index (χ3v) is 6.84. The summed E-state index contributed by atoms with van der Waals surface area (Å²) >= 11 is 0. The molecule has 2 rings (SSSR count). The molecule has 0 atom stereocenters. The fourth-order valence-electron chi connectivity index (χ4n) is 3.04. The number of amides is 2. The Morgan fingerprint density at radius 3 is 2.25 bits per heavy atom. The Bertz CT molecular complexity index is 1070. The van der Waals surface area contributed by atoms with Gasteiger partial charge < -0.3 is 10.6 Å². The van der Waals surface area contributed by atoms with Gasteiger partial charge in [0.2, 0.25) is 21.8 Å². The van der Waals surface area contributed by atoms with Crippen LogP contribution in [0.1, 0.15) is 42.6 Å². The number of aryl methyl sites for hydroxylation is 1. The van der Waals surface area contributed by atoms with E-state index in [1.165, 1.54) is 38.2 Å². The molecule has 0 unspecified atom stereocenters. The van der Waals surface area contributed by atoms with Crippen LogP contribution in [0.25, 0.3) is 0 Å². The van der Waals surface area contributed by atoms with Gasteiger partial charge in [-0.25, -0.2) is 12.7 Å². The summed E-state index contributed by atoms with van der Waals surface area (Å²) in [6.45, 7) is 3.38. The Morgan fingerprint density at radius 1 is 0.969 bits per heavy atom. The zero-order chi connectivity index (χ0) is 23.7. The summed E-state index contributed by atoms with van der Waals surface area (Å²) < 4.78 is 26.4. The number of para-hydroxylation sites is 1.